The zero-order valence-corrected chi connectivity index (χ0v) is 17.2. The molecule has 0 saturated carbocycles. The van der Waals surface area contributed by atoms with Crippen LogP contribution in [0.3, 0.4) is 0 Å². The summed E-state index contributed by atoms with van der Waals surface area (Å²) in [6, 6.07) is 8.22. The minimum atomic E-state index is -0.380. The number of hydrogen-bond donors (Lipinski definition) is 3. The number of rotatable bonds is 6. The predicted octanol–water partition coefficient (Wildman–Crippen LogP) is 4.57. The van der Waals surface area contributed by atoms with Crippen molar-refractivity contribution in [3.05, 3.63) is 47.4 Å². The second-order valence-electron chi connectivity index (χ2n) is 6.94. The molecule has 1 atom stereocenters. The van der Waals surface area contributed by atoms with Crippen molar-refractivity contribution < 1.29 is 14.0 Å². The summed E-state index contributed by atoms with van der Waals surface area (Å²) >= 11 is 6.24. The van der Waals surface area contributed by atoms with Gasteiger partial charge >= 0.3 is 0 Å². The largest absolute Gasteiger partial charge is 0.459 e. The Labute approximate surface area is 175 Å². The monoisotopic (exact) mass is 425 g/mol. The smallest absolute Gasteiger partial charge is 0.291 e. The molecular formula is C20H25Cl2N3O3. The number of benzene rings is 1. The molecule has 3 N–H and O–H groups in total. The second kappa shape index (κ2) is 10.5. The van der Waals surface area contributed by atoms with Crippen LogP contribution in [0.5, 0.6) is 0 Å². The van der Waals surface area contributed by atoms with Gasteiger partial charge in [0.05, 0.1) is 17.0 Å². The molecule has 1 aromatic heterocycles. The maximum Gasteiger partial charge on any atom is 0.291 e. The maximum absolute atomic E-state index is 12.3. The van der Waals surface area contributed by atoms with Gasteiger partial charge in [-0.1, -0.05) is 18.5 Å². The fourth-order valence-corrected chi connectivity index (χ4v) is 3.60. The van der Waals surface area contributed by atoms with Gasteiger partial charge in [-0.25, -0.2) is 0 Å². The van der Waals surface area contributed by atoms with Crippen molar-refractivity contribution in [3.8, 4) is 0 Å². The van der Waals surface area contributed by atoms with Gasteiger partial charge in [-0.2, -0.15) is 0 Å². The van der Waals surface area contributed by atoms with Gasteiger partial charge in [-0.05, 0) is 68.1 Å². The molecule has 1 aliphatic heterocycles. The molecule has 1 saturated heterocycles. The average molecular weight is 426 g/mol. The highest BCUT2D eigenvalue weighted by atomic mass is 35.5. The standard InChI is InChI=1S/C20H24ClN3O3.ClH/c1-13(14-6-8-22-9-7-14)11-19(25)23-15-4-5-17(16(21)12-15)24-20(26)18-3-2-10-27-18;/h2-5,10,12-14,22H,6-9,11H2,1H3,(H,23,25)(H,24,26);1H. The number of carbonyl (C=O) groups is 2. The van der Waals surface area contributed by atoms with Gasteiger partial charge < -0.3 is 20.4 Å². The van der Waals surface area contributed by atoms with Crippen LogP contribution in [0, 0.1) is 11.8 Å². The molecule has 6 nitrogen and oxygen atoms in total. The Morgan fingerprint density at radius 3 is 2.64 bits per heavy atom. The molecule has 0 bridgehead atoms. The first-order chi connectivity index (χ1) is 13.0. The molecule has 0 radical (unpaired) electrons. The van der Waals surface area contributed by atoms with Gasteiger partial charge in [0, 0.05) is 12.1 Å². The van der Waals surface area contributed by atoms with Crippen molar-refractivity contribution in [2.45, 2.75) is 26.2 Å². The van der Waals surface area contributed by atoms with Crippen molar-refractivity contribution in [1.82, 2.24) is 5.32 Å². The van der Waals surface area contributed by atoms with E-state index >= 15 is 0 Å². The summed E-state index contributed by atoms with van der Waals surface area (Å²) in [6.07, 6.45) is 4.15. The second-order valence-corrected chi connectivity index (χ2v) is 7.35. The zero-order valence-electron chi connectivity index (χ0n) is 15.7. The van der Waals surface area contributed by atoms with E-state index in [2.05, 4.69) is 22.9 Å². The SMILES string of the molecule is CC(CC(=O)Nc1ccc(NC(=O)c2ccco2)c(Cl)c1)C1CCNCC1.Cl. The molecule has 0 spiro atoms. The first kappa shape index (κ1) is 22.3. The summed E-state index contributed by atoms with van der Waals surface area (Å²) < 4.78 is 5.05. The zero-order chi connectivity index (χ0) is 19.2. The van der Waals surface area contributed by atoms with E-state index < -0.39 is 0 Å². The van der Waals surface area contributed by atoms with Crippen molar-refractivity contribution in [3.63, 3.8) is 0 Å². The number of anilines is 2. The van der Waals surface area contributed by atoms with Crippen molar-refractivity contribution in [2.75, 3.05) is 23.7 Å². The Bertz CT molecular complexity index is 790. The molecule has 152 valence electrons. The highest BCUT2D eigenvalue weighted by molar-refractivity contribution is 6.34. The van der Waals surface area contributed by atoms with E-state index in [4.69, 9.17) is 16.0 Å². The topological polar surface area (TPSA) is 83.4 Å². The lowest BCUT2D eigenvalue weighted by Gasteiger charge is -2.27. The number of hydrogen-bond acceptors (Lipinski definition) is 4. The van der Waals surface area contributed by atoms with Crippen LogP contribution in [-0.2, 0) is 4.79 Å². The van der Waals surface area contributed by atoms with Crippen LogP contribution in [0.4, 0.5) is 11.4 Å². The molecule has 1 aliphatic rings. The Kier molecular flexibility index (Phi) is 8.35. The first-order valence-corrected chi connectivity index (χ1v) is 9.55. The lowest BCUT2D eigenvalue weighted by molar-refractivity contribution is -0.117. The van der Waals surface area contributed by atoms with E-state index in [-0.39, 0.29) is 30.0 Å². The lowest BCUT2D eigenvalue weighted by atomic mass is 9.84. The Balaban J connectivity index is 0.00000280. The Hall–Kier alpha value is -2.02. The fourth-order valence-electron chi connectivity index (χ4n) is 3.37. The van der Waals surface area contributed by atoms with Crippen LogP contribution in [0.2, 0.25) is 5.02 Å². The van der Waals surface area contributed by atoms with Crippen LogP contribution in [0.15, 0.2) is 41.0 Å². The summed E-state index contributed by atoms with van der Waals surface area (Å²) in [5.41, 5.74) is 1.07. The first-order valence-electron chi connectivity index (χ1n) is 9.18. The van der Waals surface area contributed by atoms with Gasteiger partial charge in [0.25, 0.3) is 5.91 Å². The van der Waals surface area contributed by atoms with E-state index in [1.54, 1.807) is 30.3 Å². The van der Waals surface area contributed by atoms with E-state index in [1.165, 1.54) is 6.26 Å². The van der Waals surface area contributed by atoms with Gasteiger partial charge in [-0.3, -0.25) is 9.59 Å². The van der Waals surface area contributed by atoms with E-state index in [9.17, 15) is 9.59 Å². The Morgan fingerprint density at radius 1 is 1.25 bits per heavy atom. The molecule has 28 heavy (non-hydrogen) atoms. The third-order valence-corrected chi connectivity index (χ3v) is 5.25. The lowest BCUT2D eigenvalue weighted by Crippen LogP contribution is -2.32. The van der Waals surface area contributed by atoms with Crippen molar-refractivity contribution in [1.29, 1.82) is 0 Å². The number of amides is 2. The van der Waals surface area contributed by atoms with E-state index in [0.717, 1.165) is 25.9 Å². The maximum atomic E-state index is 12.3. The number of halogens is 2. The summed E-state index contributed by atoms with van der Waals surface area (Å²) in [6.45, 7) is 4.19. The highest BCUT2D eigenvalue weighted by Gasteiger charge is 2.22. The molecule has 3 rings (SSSR count). The Morgan fingerprint density at radius 2 is 2.00 bits per heavy atom. The summed E-state index contributed by atoms with van der Waals surface area (Å²) in [7, 11) is 0. The van der Waals surface area contributed by atoms with Crippen LogP contribution in [-0.4, -0.2) is 24.9 Å². The molecule has 2 aromatic rings. The molecule has 2 amide bonds. The number of nitrogens with one attached hydrogen (secondary N) is 3. The molecule has 0 aliphatic carbocycles. The molecular weight excluding hydrogens is 401 g/mol. The van der Waals surface area contributed by atoms with Gasteiger partial charge in [0.15, 0.2) is 5.76 Å². The van der Waals surface area contributed by atoms with Crippen LogP contribution in [0.25, 0.3) is 0 Å². The van der Waals surface area contributed by atoms with E-state index in [1.807, 2.05) is 0 Å². The molecule has 1 unspecified atom stereocenters. The van der Waals surface area contributed by atoms with Crippen LogP contribution in [0.1, 0.15) is 36.7 Å². The summed E-state index contributed by atoms with van der Waals surface area (Å²) in [5.74, 6) is 0.725. The van der Waals surface area contributed by atoms with Crippen LogP contribution >= 0.6 is 24.0 Å². The van der Waals surface area contributed by atoms with Crippen molar-refractivity contribution in [2.24, 2.45) is 11.8 Å². The van der Waals surface area contributed by atoms with Crippen molar-refractivity contribution >= 4 is 47.2 Å². The van der Waals surface area contributed by atoms with Gasteiger partial charge in [0.1, 0.15) is 0 Å². The normalized spacial score (nSPS) is 15.4. The third-order valence-electron chi connectivity index (χ3n) is 4.94. The van der Waals surface area contributed by atoms with Gasteiger partial charge in [0.2, 0.25) is 5.91 Å². The highest BCUT2D eigenvalue weighted by Crippen LogP contribution is 2.28. The van der Waals surface area contributed by atoms with Gasteiger partial charge in [-0.15, -0.1) is 12.4 Å². The number of piperidine rings is 1. The van der Waals surface area contributed by atoms with E-state index in [0.29, 0.717) is 34.7 Å². The minimum Gasteiger partial charge on any atom is -0.459 e. The number of furan rings is 1. The summed E-state index contributed by atoms with van der Waals surface area (Å²) in [4.78, 5) is 24.4. The molecule has 1 aromatic carbocycles. The predicted molar refractivity (Wildman–Crippen MR) is 113 cm³/mol. The molecule has 8 heteroatoms. The summed E-state index contributed by atoms with van der Waals surface area (Å²) in [5, 5.41) is 9.27. The quantitative estimate of drug-likeness (QED) is 0.632. The molecule has 1 fully saturated rings. The average Bonchev–Trinajstić information content (AvgIpc) is 3.19. The molecule has 2 heterocycles. The third kappa shape index (κ3) is 5.99. The minimum absolute atomic E-state index is 0. The van der Waals surface area contributed by atoms with Crippen LogP contribution < -0.4 is 16.0 Å². The number of carbonyl (C=O) groups excluding carboxylic acids is 2. The fraction of sp³-hybridized carbons (Fsp3) is 0.400.